The maximum atomic E-state index is 14.1. The highest BCUT2D eigenvalue weighted by atomic mass is 32.2. The van der Waals surface area contributed by atoms with E-state index in [1.54, 1.807) is 26.1 Å². The number of nitrogens with one attached hydrogen (secondary N) is 1. The van der Waals surface area contributed by atoms with E-state index >= 15 is 0 Å². The van der Waals surface area contributed by atoms with Crippen molar-refractivity contribution < 1.29 is 22.0 Å². The standard InChI is InChI=1S/C17H20FN3O4S/c1-12(16-5-3-9-25-16)20(2)17(22)19-15-11-13(6-7-14(15)18)21-8-4-10-26(21,23)24/h3,5-7,9,11-12H,4,8,10H2,1-2H3,(H,19,22). The van der Waals surface area contributed by atoms with Crippen LogP contribution in [0.3, 0.4) is 0 Å². The van der Waals surface area contributed by atoms with Gasteiger partial charge in [0.25, 0.3) is 0 Å². The first-order valence-corrected chi connectivity index (χ1v) is 9.77. The summed E-state index contributed by atoms with van der Waals surface area (Å²) in [6.45, 7) is 2.12. The zero-order chi connectivity index (χ0) is 18.9. The van der Waals surface area contributed by atoms with Crippen molar-refractivity contribution in [1.82, 2.24) is 4.90 Å². The van der Waals surface area contributed by atoms with Gasteiger partial charge in [-0.05, 0) is 43.7 Å². The summed E-state index contributed by atoms with van der Waals surface area (Å²) in [4.78, 5) is 13.8. The lowest BCUT2D eigenvalue weighted by molar-refractivity contribution is 0.201. The monoisotopic (exact) mass is 381 g/mol. The Balaban J connectivity index is 1.79. The molecule has 1 aliphatic heterocycles. The number of furan rings is 1. The van der Waals surface area contributed by atoms with Gasteiger partial charge < -0.3 is 14.6 Å². The van der Waals surface area contributed by atoms with E-state index in [0.717, 1.165) is 6.07 Å². The van der Waals surface area contributed by atoms with Gasteiger partial charge in [-0.1, -0.05) is 0 Å². The predicted molar refractivity (Wildman–Crippen MR) is 96.1 cm³/mol. The number of nitrogens with zero attached hydrogens (tertiary/aromatic N) is 2. The van der Waals surface area contributed by atoms with Crippen LogP contribution in [0.15, 0.2) is 41.0 Å². The predicted octanol–water partition coefficient (Wildman–Crippen LogP) is 3.18. The highest BCUT2D eigenvalue weighted by molar-refractivity contribution is 7.93. The summed E-state index contributed by atoms with van der Waals surface area (Å²) < 4.78 is 44.7. The molecule has 2 heterocycles. The Bertz CT molecular complexity index is 899. The van der Waals surface area contributed by atoms with Crippen LogP contribution in [0.2, 0.25) is 0 Å². The molecule has 9 heteroatoms. The van der Waals surface area contributed by atoms with Crippen LogP contribution in [0.4, 0.5) is 20.6 Å². The zero-order valence-electron chi connectivity index (χ0n) is 14.5. The van der Waals surface area contributed by atoms with Gasteiger partial charge in [-0.25, -0.2) is 17.6 Å². The number of halogens is 1. The number of benzene rings is 1. The first-order valence-electron chi connectivity index (χ1n) is 8.17. The number of carbonyl (C=O) groups is 1. The molecule has 1 aromatic heterocycles. The van der Waals surface area contributed by atoms with Crippen LogP contribution in [-0.4, -0.2) is 38.7 Å². The minimum Gasteiger partial charge on any atom is -0.467 e. The molecule has 7 nitrogen and oxygen atoms in total. The first-order chi connectivity index (χ1) is 12.3. The summed E-state index contributed by atoms with van der Waals surface area (Å²) in [5, 5.41) is 2.49. The summed E-state index contributed by atoms with van der Waals surface area (Å²) in [7, 11) is -1.82. The molecule has 1 aromatic carbocycles. The average Bonchev–Trinajstić information content (AvgIpc) is 3.24. The fourth-order valence-electron chi connectivity index (χ4n) is 2.79. The van der Waals surface area contributed by atoms with E-state index in [2.05, 4.69) is 5.32 Å². The fourth-order valence-corrected chi connectivity index (χ4v) is 4.35. The third kappa shape index (κ3) is 3.52. The van der Waals surface area contributed by atoms with Crippen molar-refractivity contribution in [2.45, 2.75) is 19.4 Å². The molecular formula is C17H20FN3O4S. The van der Waals surface area contributed by atoms with Gasteiger partial charge in [-0.2, -0.15) is 0 Å². The molecule has 0 radical (unpaired) electrons. The number of amides is 2. The molecule has 2 aromatic rings. The van der Waals surface area contributed by atoms with Gasteiger partial charge in [-0.15, -0.1) is 0 Å². The Morgan fingerprint density at radius 3 is 2.77 bits per heavy atom. The van der Waals surface area contributed by atoms with Gasteiger partial charge in [0.2, 0.25) is 10.0 Å². The van der Waals surface area contributed by atoms with Crippen molar-refractivity contribution in [3.63, 3.8) is 0 Å². The van der Waals surface area contributed by atoms with Crippen molar-refractivity contribution >= 4 is 27.4 Å². The number of hydrogen-bond acceptors (Lipinski definition) is 4. The first kappa shape index (κ1) is 18.2. The summed E-state index contributed by atoms with van der Waals surface area (Å²) in [5.41, 5.74) is 0.258. The maximum Gasteiger partial charge on any atom is 0.322 e. The second-order valence-electron chi connectivity index (χ2n) is 6.14. The molecule has 0 aliphatic carbocycles. The van der Waals surface area contributed by atoms with E-state index < -0.39 is 21.9 Å². The van der Waals surface area contributed by atoms with Crippen LogP contribution in [0.1, 0.15) is 25.1 Å². The Hall–Kier alpha value is -2.55. The molecule has 1 fully saturated rings. The second kappa shape index (κ2) is 6.99. The zero-order valence-corrected chi connectivity index (χ0v) is 15.3. The molecule has 3 rings (SSSR count). The van der Waals surface area contributed by atoms with Gasteiger partial charge in [0.15, 0.2) is 0 Å². The number of carbonyl (C=O) groups excluding carboxylic acids is 1. The average molecular weight is 381 g/mol. The lowest BCUT2D eigenvalue weighted by Gasteiger charge is -2.24. The number of rotatable bonds is 4. The molecule has 0 bridgehead atoms. The lowest BCUT2D eigenvalue weighted by Crippen LogP contribution is -2.33. The molecule has 140 valence electrons. The number of hydrogen-bond donors (Lipinski definition) is 1. The van der Waals surface area contributed by atoms with E-state index in [1.807, 2.05) is 0 Å². The fraction of sp³-hybridized carbons (Fsp3) is 0.353. The van der Waals surface area contributed by atoms with Crippen LogP contribution < -0.4 is 9.62 Å². The molecule has 1 saturated heterocycles. The number of sulfonamides is 1. The second-order valence-corrected chi connectivity index (χ2v) is 8.15. The van der Waals surface area contributed by atoms with Gasteiger partial charge in [-0.3, -0.25) is 4.31 Å². The molecule has 1 unspecified atom stereocenters. The third-order valence-corrected chi connectivity index (χ3v) is 6.30. The summed E-state index contributed by atoms with van der Waals surface area (Å²) in [5.74, 6) is 0.0212. The van der Waals surface area contributed by atoms with Crippen LogP contribution in [0.25, 0.3) is 0 Å². The van der Waals surface area contributed by atoms with Gasteiger partial charge in [0, 0.05) is 13.6 Å². The maximum absolute atomic E-state index is 14.1. The summed E-state index contributed by atoms with van der Waals surface area (Å²) in [6, 6.07) is 6.45. The molecule has 0 spiro atoms. The molecule has 0 saturated carbocycles. The molecule has 1 aliphatic rings. The summed E-state index contributed by atoms with van der Waals surface area (Å²) in [6.07, 6.45) is 2.03. The Labute approximate surface area is 151 Å². The Morgan fingerprint density at radius 1 is 1.38 bits per heavy atom. The smallest absolute Gasteiger partial charge is 0.322 e. The quantitative estimate of drug-likeness (QED) is 0.882. The Morgan fingerprint density at radius 2 is 2.15 bits per heavy atom. The minimum absolute atomic E-state index is 0.0649. The normalized spacial score (nSPS) is 17.1. The molecular weight excluding hydrogens is 361 g/mol. The van der Waals surface area contributed by atoms with Crippen molar-refractivity contribution in [3.8, 4) is 0 Å². The van der Waals surface area contributed by atoms with E-state index in [9.17, 15) is 17.6 Å². The highest BCUT2D eigenvalue weighted by Crippen LogP contribution is 2.29. The van der Waals surface area contributed by atoms with Crippen molar-refractivity contribution in [3.05, 3.63) is 48.2 Å². The summed E-state index contributed by atoms with van der Waals surface area (Å²) >= 11 is 0. The van der Waals surface area contributed by atoms with Gasteiger partial charge >= 0.3 is 6.03 Å². The van der Waals surface area contributed by atoms with Crippen LogP contribution in [0, 0.1) is 5.82 Å². The van der Waals surface area contributed by atoms with Gasteiger partial charge in [0.05, 0.1) is 29.4 Å². The highest BCUT2D eigenvalue weighted by Gasteiger charge is 2.29. The van der Waals surface area contributed by atoms with E-state index in [-0.39, 0.29) is 17.5 Å². The van der Waals surface area contributed by atoms with Crippen LogP contribution in [-0.2, 0) is 10.0 Å². The number of urea groups is 1. The van der Waals surface area contributed by atoms with Crippen molar-refractivity contribution in [2.75, 3.05) is 29.0 Å². The van der Waals surface area contributed by atoms with Gasteiger partial charge in [0.1, 0.15) is 11.6 Å². The van der Waals surface area contributed by atoms with Crippen LogP contribution >= 0.6 is 0 Å². The van der Waals surface area contributed by atoms with Crippen LogP contribution in [0.5, 0.6) is 0 Å². The number of anilines is 2. The molecule has 1 atom stereocenters. The largest absolute Gasteiger partial charge is 0.467 e. The van der Waals surface area contributed by atoms with E-state index in [4.69, 9.17) is 4.42 Å². The molecule has 2 amide bonds. The Kier molecular flexibility index (Phi) is 4.90. The van der Waals surface area contributed by atoms with Crippen molar-refractivity contribution in [1.29, 1.82) is 0 Å². The van der Waals surface area contributed by atoms with Crippen molar-refractivity contribution in [2.24, 2.45) is 0 Å². The molecule has 1 N–H and O–H groups in total. The lowest BCUT2D eigenvalue weighted by atomic mass is 10.2. The van der Waals surface area contributed by atoms with E-state index in [1.165, 1.54) is 27.6 Å². The minimum atomic E-state index is -3.38. The third-order valence-electron chi connectivity index (χ3n) is 4.44. The SMILES string of the molecule is CC(c1ccco1)N(C)C(=O)Nc1cc(N2CCCS2(=O)=O)ccc1F. The molecule has 26 heavy (non-hydrogen) atoms. The van der Waals surface area contributed by atoms with E-state index in [0.29, 0.717) is 24.4 Å². The topological polar surface area (TPSA) is 82.9 Å².